The van der Waals surface area contributed by atoms with Gasteiger partial charge in [0.25, 0.3) is 0 Å². The molecule has 4 N–H and O–H groups in total. The van der Waals surface area contributed by atoms with Crippen molar-refractivity contribution in [2.75, 3.05) is 11.9 Å². The number of rotatable bonds is 7. The van der Waals surface area contributed by atoms with Crippen molar-refractivity contribution >= 4 is 11.6 Å². The van der Waals surface area contributed by atoms with Gasteiger partial charge in [0, 0.05) is 12.1 Å². The number of unbranched alkanes of at least 4 members (excludes halogenated alkanes) is 3. The fraction of sp³-hybridized carbons (Fsp3) is 0.500. The van der Waals surface area contributed by atoms with Crippen molar-refractivity contribution in [3.63, 3.8) is 0 Å². The molecule has 0 radical (unpaired) electrons. The molecule has 100 valence electrons. The Morgan fingerprint density at radius 3 is 2.67 bits per heavy atom. The molecule has 0 saturated carbocycles. The molecule has 0 heterocycles. The smallest absolute Gasteiger partial charge is 0.224 e. The van der Waals surface area contributed by atoms with Gasteiger partial charge in [0.15, 0.2) is 0 Å². The third kappa shape index (κ3) is 5.19. The van der Waals surface area contributed by atoms with E-state index >= 15 is 0 Å². The number of carbonyl (C=O) groups excluding carboxylic acids is 1. The first-order chi connectivity index (χ1) is 8.63. The summed E-state index contributed by atoms with van der Waals surface area (Å²) in [5.74, 6) is 0.240. The molecule has 4 nitrogen and oxygen atoms in total. The summed E-state index contributed by atoms with van der Waals surface area (Å²) in [5.41, 5.74) is 7.03. The van der Waals surface area contributed by atoms with Gasteiger partial charge in [0.05, 0.1) is 0 Å². The van der Waals surface area contributed by atoms with Crippen LogP contribution in [0.25, 0.3) is 0 Å². The van der Waals surface area contributed by atoms with Crippen LogP contribution in [-0.4, -0.2) is 17.6 Å². The first-order valence-corrected chi connectivity index (χ1v) is 6.43. The number of aromatic hydroxyl groups is 1. The molecule has 1 aromatic rings. The summed E-state index contributed by atoms with van der Waals surface area (Å²) in [6, 6.07) is 4.93. The number of aryl methyl sites for hydroxylation is 1. The molecule has 0 saturated heterocycles. The highest BCUT2D eigenvalue weighted by Gasteiger charge is 2.05. The van der Waals surface area contributed by atoms with Gasteiger partial charge in [-0.25, -0.2) is 0 Å². The average molecular weight is 250 g/mol. The Bertz CT molecular complexity index is 391. The first kappa shape index (κ1) is 14.5. The van der Waals surface area contributed by atoms with E-state index in [2.05, 4.69) is 5.32 Å². The Hall–Kier alpha value is -1.55. The minimum absolute atomic E-state index is 0.0246. The lowest BCUT2D eigenvalue weighted by atomic mass is 10.1. The molecule has 0 fully saturated rings. The second-order valence-electron chi connectivity index (χ2n) is 4.50. The van der Waals surface area contributed by atoms with E-state index in [1.165, 1.54) is 0 Å². The highest BCUT2D eigenvalue weighted by Crippen LogP contribution is 2.20. The molecule has 0 spiro atoms. The molecule has 0 bridgehead atoms. The van der Waals surface area contributed by atoms with Crippen LogP contribution in [0.1, 0.15) is 37.7 Å². The van der Waals surface area contributed by atoms with E-state index in [-0.39, 0.29) is 11.7 Å². The van der Waals surface area contributed by atoms with Crippen molar-refractivity contribution in [1.82, 2.24) is 0 Å². The van der Waals surface area contributed by atoms with Gasteiger partial charge < -0.3 is 16.2 Å². The standard InChI is InChI=1S/C14H22N2O2/c1-11-10-12(17)7-8-13(11)16-14(18)6-4-2-3-5-9-15/h7-8,10,17H,2-6,9,15H2,1H3,(H,16,18). The van der Waals surface area contributed by atoms with E-state index < -0.39 is 0 Å². The van der Waals surface area contributed by atoms with Crippen molar-refractivity contribution in [2.24, 2.45) is 5.73 Å². The third-order valence-corrected chi connectivity index (χ3v) is 2.84. The minimum Gasteiger partial charge on any atom is -0.508 e. The number of phenols is 1. The Morgan fingerprint density at radius 2 is 2.00 bits per heavy atom. The number of nitrogens with two attached hydrogens (primary N) is 1. The van der Waals surface area contributed by atoms with Crippen LogP contribution in [-0.2, 0) is 4.79 Å². The number of phenolic OH excluding ortho intramolecular Hbond substituents is 1. The van der Waals surface area contributed by atoms with Crippen LogP contribution in [0.3, 0.4) is 0 Å². The van der Waals surface area contributed by atoms with Crippen LogP contribution < -0.4 is 11.1 Å². The highest BCUT2D eigenvalue weighted by molar-refractivity contribution is 5.91. The number of anilines is 1. The summed E-state index contributed by atoms with van der Waals surface area (Å²) in [7, 11) is 0. The summed E-state index contributed by atoms with van der Waals surface area (Å²) >= 11 is 0. The zero-order valence-electron chi connectivity index (χ0n) is 10.9. The monoisotopic (exact) mass is 250 g/mol. The van der Waals surface area contributed by atoms with Gasteiger partial charge >= 0.3 is 0 Å². The average Bonchev–Trinajstić information content (AvgIpc) is 2.32. The van der Waals surface area contributed by atoms with Crippen LogP contribution in [0.5, 0.6) is 5.75 Å². The van der Waals surface area contributed by atoms with E-state index in [1.54, 1.807) is 18.2 Å². The predicted octanol–water partition coefficient (Wildman–Crippen LogP) is 2.55. The molecule has 0 unspecified atom stereocenters. The van der Waals surface area contributed by atoms with Crippen molar-refractivity contribution in [3.05, 3.63) is 23.8 Å². The normalized spacial score (nSPS) is 10.3. The van der Waals surface area contributed by atoms with Crippen molar-refractivity contribution in [3.8, 4) is 5.75 Å². The van der Waals surface area contributed by atoms with Gasteiger partial charge in [0.2, 0.25) is 5.91 Å². The quantitative estimate of drug-likeness (QED) is 0.514. The Morgan fingerprint density at radius 1 is 1.28 bits per heavy atom. The maximum atomic E-state index is 11.7. The van der Waals surface area contributed by atoms with Gasteiger partial charge in [-0.1, -0.05) is 12.8 Å². The Kier molecular flexibility index (Phi) is 6.22. The van der Waals surface area contributed by atoms with E-state index in [1.807, 2.05) is 6.92 Å². The van der Waals surface area contributed by atoms with Crippen LogP contribution in [0.2, 0.25) is 0 Å². The molecule has 18 heavy (non-hydrogen) atoms. The fourth-order valence-corrected chi connectivity index (χ4v) is 1.78. The van der Waals surface area contributed by atoms with Gasteiger partial charge in [0.1, 0.15) is 5.75 Å². The van der Waals surface area contributed by atoms with Crippen LogP contribution >= 0.6 is 0 Å². The largest absolute Gasteiger partial charge is 0.508 e. The SMILES string of the molecule is Cc1cc(O)ccc1NC(=O)CCCCCCN. The number of nitrogens with one attached hydrogen (secondary N) is 1. The number of hydrogen-bond donors (Lipinski definition) is 3. The Labute approximate surface area is 108 Å². The lowest BCUT2D eigenvalue weighted by molar-refractivity contribution is -0.116. The number of benzene rings is 1. The number of hydrogen-bond acceptors (Lipinski definition) is 3. The summed E-state index contributed by atoms with van der Waals surface area (Å²) in [6.45, 7) is 2.58. The summed E-state index contributed by atoms with van der Waals surface area (Å²) < 4.78 is 0. The molecule has 1 aromatic carbocycles. The molecule has 0 aliphatic rings. The molecule has 0 aliphatic heterocycles. The Balaban J connectivity index is 2.31. The van der Waals surface area contributed by atoms with Gasteiger partial charge in [-0.2, -0.15) is 0 Å². The molecule has 0 atom stereocenters. The number of carbonyl (C=O) groups is 1. The molecule has 4 heteroatoms. The zero-order valence-corrected chi connectivity index (χ0v) is 10.9. The minimum atomic E-state index is 0.0246. The fourth-order valence-electron chi connectivity index (χ4n) is 1.78. The first-order valence-electron chi connectivity index (χ1n) is 6.43. The van der Waals surface area contributed by atoms with Crippen molar-refractivity contribution in [1.29, 1.82) is 0 Å². The second-order valence-corrected chi connectivity index (χ2v) is 4.50. The topological polar surface area (TPSA) is 75.3 Å². The lowest BCUT2D eigenvalue weighted by Crippen LogP contribution is -2.12. The highest BCUT2D eigenvalue weighted by atomic mass is 16.3. The van der Waals surface area contributed by atoms with E-state index in [0.717, 1.165) is 43.5 Å². The van der Waals surface area contributed by atoms with Crippen LogP contribution in [0, 0.1) is 6.92 Å². The lowest BCUT2D eigenvalue weighted by Gasteiger charge is -2.08. The van der Waals surface area contributed by atoms with E-state index in [9.17, 15) is 9.90 Å². The van der Waals surface area contributed by atoms with Gasteiger partial charge in [-0.3, -0.25) is 4.79 Å². The molecule has 0 aromatic heterocycles. The zero-order chi connectivity index (χ0) is 13.4. The summed E-state index contributed by atoms with van der Waals surface area (Å²) in [5, 5.41) is 12.1. The predicted molar refractivity (Wildman–Crippen MR) is 73.6 cm³/mol. The molecular weight excluding hydrogens is 228 g/mol. The van der Waals surface area contributed by atoms with E-state index in [4.69, 9.17) is 5.73 Å². The van der Waals surface area contributed by atoms with E-state index in [0.29, 0.717) is 6.42 Å². The van der Waals surface area contributed by atoms with Crippen LogP contribution in [0.15, 0.2) is 18.2 Å². The molecular formula is C14H22N2O2. The van der Waals surface area contributed by atoms with Gasteiger partial charge in [-0.05, 0) is 50.1 Å². The van der Waals surface area contributed by atoms with Crippen LogP contribution in [0.4, 0.5) is 5.69 Å². The van der Waals surface area contributed by atoms with Crippen molar-refractivity contribution < 1.29 is 9.90 Å². The molecule has 1 rings (SSSR count). The maximum Gasteiger partial charge on any atom is 0.224 e. The second kappa shape index (κ2) is 7.71. The third-order valence-electron chi connectivity index (χ3n) is 2.84. The molecule has 1 amide bonds. The molecule has 0 aliphatic carbocycles. The number of amides is 1. The maximum absolute atomic E-state index is 11.7. The summed E-state index contributed by atoms with van der Waals surface area (Å²) in [4.78, 5) is 11.7. The van der Waals surface area contributed by atoms with Gasteiger partial charge in [-0.15, -0.1) is 0 Å². The summed E-state index contributed by atoms with van der Waals surface area (Å²) in [6.07, 6.45) is 4.58. The van der Waals surface area contributed by atoms with Crippen molar-refractivity contribution in [2.45, 2.75) is 39.0 Å².